The Morgan fingerprint density at radius 2 is 1.81 bits per heavy atom. The van der Waals surface area contributed by atoms with Crippen molar-refractivity contribution in [3.63, 3.8) is 0 Å². The van der Waals surface area contributed by atoms with Crippen LogP contribution in [0.4, 0.5) is 4.79 Å². The average Bonchev–Trinajstić information content (AvgIpc) is 2.71. The van der Waals surface area contributed by atoms with Gasteiger partial charge in [-0.25, -0.2) is 4.79 Å². The Bertz CT molecular complexity index is 893. The van der Waals surface area contributed by atoms with Gasteiger partial charge in [-0.05, 0) is 56.7 Å². The molecule has 1 N–H and O–H groups in total. The lowest BCUT2D eigenvalue weighted by Gasteiger charge is -2.18. The SMILES string of the molecule is CCN(C/C=C/C#CC(C)(C)C)Cc1cccc(OC(=O)NCc2ccccc2)c1.Cl. The van der Waals surface area contributed by atoms with E-state index in [9.17, 15) is 4.79 Å². The average molecular weight is 441 g/mol. The minimum atomic E-state index is -0.455. The van der Waals surface area contributed by atoms with E-state index in [0.29, 0.717) is 12.3 Å². The molecule has 31 heavy (non-hydrogen) atoms. The Morgan fingerprint density at radius 1 is 1.10 bits per heavy atom. The molecule has 0 aliphatic carbocycles. The zero-order valence-electron chi connectivity index (χ0n) is 18.9. The monoisotopic (exact) mass is 440 g/mol. The smallest absolute Gasteiger partial charge is 0.410 e. The maximum Gasteiger partial charge on any atom is 0.412 e. The van der Waals surface area contributed by atoms with E-state index in [1.165, 1.54) is 0 Å². The Kier molecular flexibility index (Phi) is 11.5. The quantitative estimate of drug-likeness (QED) is 0.525. The number of rotatable bonds is 8. The highest BCUT2D eigenvalue weighted by Crippen LogP contribution is 2.15. The number of benzene rings is 2. The fourth-order valence-corrected chi connectivity index (χ4v) is 2.70. The molecule has 0 atom stereocenters. The van der Waals surface area contributed by atoms with Gasteiger partial charge < -0.3 is 10.1 Å². The topological polar surface area (TPSA) is 41.6 Å². The van der Waals surface area contributed by atoms with Crippen LogP contribution < -0.4 is 10.1 Å². The molecule has 0 heterocycles. The van der Waals surface area contributed by atoms with Gasteiger partial charge >= 0.3 is 6.09 Å². The molecule has 2 rings (SSSR count). The summed E-state index contributed by atoms with van der Waals surface area (Å²) in [5.74, 6) is 6.84. The van der Waals surface area contributed by atoms with Gasteiger partial charge in [-0.1, -0.05) is 67.3 Å². The van der Waals surface area contributed by atoms with Crippen LogP contribution in [0.1, 0.15) is 38.8 Å². The number of amides is 1. The van der Waals surface area contributed by atoms with Crippen LogP contribution in [0.5, 0.6) is 5.75 Å². The zero-order valence-corrected chi connectivity index (χ0v) is 19.7. The van der Waals surface area contributed by atoms with Crippen molar-refractivity contribution in [1.82, 2.24) is 10.2 Å². The maximum absolute atomic E-state index is 12.1. The fourth-order valence-electron chi connectivity index (χ4n) is 2.70. The largest absolute Gasteiger partial charge is 0.412 e. The van der Waals surface area contributed by atoms with Crippen molar-refractivity contribution >= 4 is 18.5 Å². The summed E-state index contributed by atoms with van der Waals surface area (Å²) in [5, 5.41) is 2.78. The molecule has 0 spiro atoms. The molecular weight excluding hydrogens is 408 g/mol. The predicted molar refractivity (Wildman–Crippen MR) is 130 cm³/mol. The van der Waals surface area contributed by atoms with E-state index < -0.39 is 6.09 Å². The summed E-state index contributed by atoms with van der Waals surface area (Å²) in [6.07, 6.45) is 3.55. The summed E-state index contributed by atoms with van der Waals surface area (Å²) < 4.78 is 5.44. The van der Waals surface area contributed by atoms with E-state index in [-0.39, 0.29) is 17.8 Å². The van der Waals surface area contributed by atoms with Gasteiger partial charge in [0.05, 0.1) is 0 Å². The van der Waals surface area contributed by atoms with Gasteiger partial charge in [0.25, 0.3) is 0 Å². The second-order valence-electron chi connectivity index (χ2n) is 8.13. The Balaban J connectivity index is 0.00000480. The first-order valence-corrected chi connectivity index (χ1v) is 10.3. The molecule has 2 aromatic rings. The van der Waals surface area contributed by atoms with Crippen LogP contribution in [-0.2, 0) is 13.1 Å². The number of allylic oxidation sites excluding steroid dienone is 1. The molecule has 4 nitrogen and oxygen atoms in total. The second-order valence-corrected chi connectivity index (χ2v) is 8.13. The van der Waals surface area contributed by atoms with Crippen molar-refractivity contribution in [3.8, 4) is 17.6 Å². The van der Waals surface area contributed by atoms with Gasteiger partial charge in [-0.2, -0.15) is 0 Å². The normalized spacial score (nSPS) is 10.9. The molecule has 5 heteroatoms. The van der Waals surface area contributed by atoms with E-state index in [1.807, 2.05) is 54.6 Å². The van der Waals surface area contributed by atoms with Crippen molar-refractivity contribution in [2.75, 3.05) is 13.1 Å². The maximum atomic E-state index is 12.1. The molecule has 166 valence electrons. The molecule has 1 amide bonds. The molecule has 0 aliphatic rings. The highest BCUT2D eigenvalue weighted by Gasteiger charge is 2.07. The number of hydrogen-bond acceptors (Lipinski definition) is 3. The molecule has 0 bridgehead atoms. The molecule has 0 radical (unpaired) electrons. The third-order valence-corrected chi connectivity index (χ3v) is 4.25. The Labute approximate surface area is 193 Å². The number of ether oxygens (including phenoxy) is 1. The third-order valence-electron chi connectivity index (χ3n) is 4.25. The molecular formula is C26H33ClN2O2. The van der Waals surface area contributed by atoms with Crippen molar-refractivity contribution in [1.29, 1.82) is 0 Å². The van der Waals surface area contributed by atoms with Crippen molar-refractivity contribution in [2.45, 2.75) is 40.8 Å². The minimum absolute atomic E-state index is 0. The highest BCUT2D eigenvalue weighted by atomic mass is 35.5. The van der Waals surface area contributed by atoms with Crippen LogP contribution in [0.15, 0.2) is 66.7 Å². The molecule has 0 saturated carbocycles. The van der Waals surface area contributed by atoms with Crippen molar-refractivity contribution in [2.24, 2.45) is 5.41 Å². The summed E-state index contributed by atoms with van der Waals surface area (Å²) >= 11 is 0. The van der Waals surface area contributed by atoms with Gasteiger partial charge in [-0.3, -0.25) is 4.90 Å². The number of likely N-dealkylation sites (N-methyl/N-ethyl adjacent to an activating group) is 1. The summed E-state index contributed by atoms with van der Waals surface area (Å²) in [4.78, 5) is 14.4. The molecule has 0 saturated heterocycles. The standard InChI is InChI=1S/C26H32N2O2.ClH/c1-5-28(18-11-7-10-17-26(2,3)4)21-23-15-12-16-24(19-23)30-25(29)27-20-22-13-8-6-9-14-22;/h6-9,11-16,19H,5,18,20-21H2,1-4H3,(H,27,29);1H/b11-7+;. The number of nitrogens with one attached hydrogen (secondary N) is 1. The van der Waals surface area contributed by atoms with Gasteiger partial charge in [-0.15, -0.1) is 12.4 Å². The summed E-state index contributed by atoms with van der Waals surface area (Å²) in [7, 11) is 0. The van der Waals surface area contributed by atoms with Crippen LogP contribution >= 0.6 is 12.4 Å². The first-order valence-electron chi connectivity index (χ1n) is 10.3. The highest BCUT2D eigenvalue weighted by molar-refractivity contribution is 5.85. The molecule has 0 aliphatic heterocycles. The third kappa shape index (κ3) is 11.3. The lowest BCUT2D eigenvalue weighted by Crippen LogP contribution is -2.26. The van der Waals surface area contributed by atoms with Crippen LogP contribution in [-0.4, -0.2) is 24.1 Å². The van der Waals surface area contributed by atoms with Crippen molar-refractivity contribution < 1.29 is 9.53 Å². The first-order chi connectivity index (χ1) is 14.4. The number of nitrogens with zero attached hydrogens (tertiary/aromatic N) is 1. The molecule has 2 aromatic carbocycles. The van der Waals surface area contributed by atoms with Crippen LogP contribution in [0.2, 0.25) is 0 Å². The summed E-state index contributed by atoms with van der Waals surface area (Å²) in [6.45, 7) is 11.4. The molecule has 0 unspecified atom stereocenters. The number of halogens is 1. The van der Waals surface area contributed by atoms with Crippen LogP contribution in [0.25, 0.3) is 0 Å². The second kappa shape index (κ2) is 13.5. The first kappa shape index (κ1) is 26.3. The van der Waals surface area contributed by atoms with Crippen LogP contribution in [0, 0.1) is 17.3 Å². The summed E-state index contributed by atoms with van der Waals surface area (Å²) in [5.41, 5.74) is 2.14. The van der Waals surface area contributed by atoms with E-state index in [1.54, 1.807) is 6.07 Å². The lowest BCUT2D eigenvalue weighted by molar-refractivity contribution is 0.200. The van der Waals surface area contributed by atoms with E-state index in [0.717, 1.165) is 30.8 Å². The van der Waals surface area contributed by atoms with E-state index in [4.69, 9.17) is 4.74 Å². The zero-order chi connectivity index (χ0) is 21.8. The van der Waals surface area contributed by atoms with E-state index in [2.05, 4.69) is 55.8 Å². The minimum Gasteiger partial charge on any atom is -0.410 e. The van der Waals surface area contributed by atoms with E-state index >= 15 is 0 Å². The summed E-state index contributed by atoms with van der Waals surface area (Å²) in [6, 6.07) is 17.4. The Hall–Kier alpha value is -2.74. The molecule has 0 fully saturated rings. The van der Waals surface area contributed by atoms with Gasteiger partial charge in [0.2, 0.25) is 0 Å². The predicted octanol–water partition coefficient (Wildman–Crippen LogP) is 5.82. The fraction of sp³-hybridized carbons (Fsp3) is 0.346. The lowest BCUT2D eigenvalue weighted by atomic mass is 9.98. The Morgan fingerprint density at radius 3 is 2.48 bits per heavy atom. The van der Waals surface area contributed by atoms with Gasteiger partial charge in [0.15, 0.2) is 0 Å². The van der Waals surface area contributed by atoms with Gasteiger partial charge in [0, 0.05) is 25.0 Å². The van der Waals surface area contributed by atoms with Crippen LogP contribution in [0.3, 0.4) is 0 Å². The number of carbonyl (C=O) groups excluding carboxylic acids is 1. The number of carbonyl (C=O) groups is 1. The molecule has 0 aromatic heterocycles. The number of hydrogen-bond donors (Lipinski definition) is 1. The van der Waals surface area contributed by atoms with Crippen molar-refractivity contribution in [3.05, 3.63) is 77.9 Å². The van der Waals surface area contributed by atoms with Gasteiger partial charge in [0.1, 0.15) is 5.75 Å².